The summed E-state index contributed by atoms with van der Waals surface area (Å²) in [5.41, 5.74) is 1.01. The third-order valence-electron chi connectivity index (χ3n) is 4.07. The summed E-state index contributed by atoms with van der Waals surface area (Å²) >= 11 is 1.40. The predicted molar refractivity (Wildman–Crippen MR) is 90.8 cm³/mol. The van der Waals surface area contributed by atoms with Gasteiger partial charge in [0.25, 0.3) is 5.91 Å². The van der Waals surface area contributed by atoms with Crippen molar-refractivity contribution in [3.63, 3.8) is 0 Å². The summed E-state index contributed by atoms with van der Waals surface area (Å²) in [5, 5.41) is 2.24. The van der Waals surface area contributed by atoms with Gasteiger partial charge in [-0.3, -0.25) is 4.79 Å². The Balaban J connectivity index is 1.56. The van der Waals surface area contributed by atoms with Crippen molar-refractivity contribution in [3.05, 3.63) is 51.2 Å². The van der Waals surface area contributed by atoms with Crippen molar-refractivity contribution in [2.24, 2.45) is 5.92 Å². The summed E-state index contributed by atoms with van der Waals surface area (Å²) in [4.78, 5) is 25.5. The number of halogens is 2. The Bertz CT molecular complexity index is 819. The molecule has 2 aromatic rings. The zero-order valence-corrected chi connectivity index (χ0v) is 14.4. The molecule has 0 aliphatic heterocycles. The van der Waals surface area contributed by atoms with E-state index in [-0.39, 0.29) is 5.69 Å². The highest BCUT2D eigenvalue weighted by Gasteiger charge is 2.22. The lowest BCUT2D eigenvalue weighted by molar-refractivity contribution is -0.119. The molecule has 1 aliphatic rings. The average Bonchev–Trinajstić information content (AvgIpc) is 2.98. The molecular formula is C18H17F2NO3S. The molecule has 0 unspecified atom stereocenters. The maximum atomic E-state index is 13.5. The van der Waals surface area contributed by atoms with Gasteiger partial charge < -0.3 is 10.1 Å². The maximum Gasteiger partial charge on any atom is 0.348 e. The number of thiophene rings is 1. The number of carbonyl (C=O) groups excluding carboxylic acids is 2. The van der Waals surface area contributed by atoms with Crippen LogP contribution in [-0.2, 0) is 22.4 Å². The number of nitrogens with one attached hydrogen (secondary N) is 1. The van der Waals surface area contributed by atoms with Gasteiger partial charge >= 0.3 is 5.97 Å². The van der Waals surface area contributed by atoms with Crippen LogP contribution in [-0.4, -0.2) is 18.5 Å². The Morgan fingerprint density at radius 1 is 1.32 bits per heavy atom. The monoisotopic (exact) mass is 365 g/mol. The van der Waals surface area contributed by atoms with Crippen LogP contribution >= 0.6 is 11.3 Å². The number of hydrogen-bond donors (Lipinski definition) is 1. The van der Waals surface area contributed by atoms with Gasteiger partial charge in [0.15, 0.2) is 6.61 Å². The highest BCUT2D eigenvalue weighted by molar-refractivity contribution is 7.14. The summed E-state index contributed by atoms with van der Waals surface area (Å²) in [6.45, 7) is 1.64. The number of fused-ring (bicyclic) bond motifs is 1. The normalized spacial score (nSPS) is 16.2. The second kappa shape index (κ2) is 7.31. The molecule has 1 amide bonds. The number of anilines is 1. The van der Waals surface area contributed by atoms with Gasteiger partial charge in [0.05, 0.1) is 5.69 Å². The van der Waals surface area contributed by atoms with Crippen LogP contribution in [0.15, 0.2) is 24.3 Å². The largest absolute Gasteiger partial charge is 0.451 e. The molecule has 132 valence electrons. The van der Waals surface area contributed by atoms with E-state index in [2.05, 4.69) is 12.2 Å². The van der Waals surface area contributed by atoms with Crippen LogP contribution in [0.1, 0.15) is 33.5 Å². The topological polar surface area (TPSA) is 55.4 Å². The molecule has 1 heterocycles. The molecule has 0 radical (unpaired) electrons. The Kier molecular flexibility index (Phi) is 5.13. The Morgan fingerprint density at radius 2 is 2.12 bits per heavy atom. The second-order valence-corrected chi connectivity index (χ2v) is 7.29. The van der Waals surface area contributed by atoms with Gasteiger partial charge in [0.2, 0.25) is 0 Å². The van der Waals surface area contributed by atoms with Crippen molar-refractivity contribution in [2.45, 2.75) is 26.2 Å². The summed E-state index contributed by atoms with van der Waals surface area (Å²) in [7, 11) is 0. The number of esters is 1. The Morgan fingerprint density at radius 3 is 2.88 bits per heavy atom. The lowest BCUT2D eigenvalue weighted by atomic mass is 9.90. The average molecular weight is 365 g/mol. The molecule has 3 rings (SSSR count). The molecule has 0 bridgehead atoms. The van der Waals surface area contributed by atoms with E-state index in [0.29, 0.717) is 16.9 Å². The number of ether oxygens (including phenoxy) is 1. The predicted octanol–water partition coefficient (Wildman–Crippen LogP) is 3.95. The van der Waals surface area contributed by atoms with E-state index in [0.717, 1.165) is 31.4 Å². The van der Waals surface area contributed by atoms with Crippen LogP contribution in [0.3, 0.4) is 0 Å². The first-order valence-corrected chi connectivity index (χ1v) is 8.77. The quantitative estimate of drug-likeness (QED) is 0.835. The molecule has 1 atom stereocenters. The number of benzene rings is 1. The molecule has 1 N–H and O–H groups in total. The second-order valence-electron chi connectivity index (χ2n) is 6.16. The number of aryl methyl sites for hydroxylation is 1. The van der Waals surface area contributed by atoms with E-state index in [1.165, 1.54) is 21.8 Å². The highest BCUT2D eigenvalue weighted by atomic mass is 32.1. The summed E-state index contributed by atoms with van der Waals surface area (Å²) in [6.07, 6.45) is 3.01. The van der Waals surface area contributed by atoms with Gasteiger partial charge in [0, 0.05) is 10.9 Å². The van der Waals surface area contributed by atoms with E-state index in [1.807, 2.05) is 6.07 Å². The minimum Gasteiger partial charge on any atom is -0.451 e. The Hall–Kier alpha value is -2.28. The maximum absolute atomic E-state index is 13.5. The van der Waals surface area contributed by atoms with E-state index in [1.54, 1.807) is 0 Å². The van der Waals surface area contributed by atoms with Crippen molar-refractivity contribution in [1.29, 1.82) is 0 Å². The van der Waals surface area contributed by atoms with Gasteiger partial charge in [-0.2, -0.15) is 0 Å². The summed E-state index contributed by atoms with van der Waals surface area (Å²) in [6, 6.07) is 4.63. The van der Waals surface area contributed by atoms with Crippen LogP contribution in [0.2, 0.25) is 0 Å². The summed E-state index contributed by atoms with van der Waals surface area (Å²) in [5.74, 6) is -2.28. The van der Waals surface area contributed by atoms with Gasteiger partial charge in [-0.25, -0.2) is 13.6 Å². The van der Waals surface area contributed by atoms with Crippen molar-refractivity contribution in [2.75, 3.05) is 11.9 Å². The first-order chi connectivity index (χ1) is 11.9. The van der Waals surface area contributed by atoms with Crippen LogP contribution in [0.4, 0.5) is 14.5 Å². The molecule has 1 aromatic heterocycles. The van der Waals surface area contributed by atoms with Crippen LogP contribution in [0, 0.1) is 17.6 Å². The van der Waals surface area contributed by atoms with Gasteiger partial charge in [-0.05, 0) is 48.9 Å². The number of carbonyl (C=O) groups is 2. The number of amides is 1. The SMILES string of the molecule is C[C@@H]1CCc2sc(C(=O)OCC(=O)Nc3ccc(F)cc3F)cc2C1. The molecule has 0 fully saturated rings. The van der Waals surface area contributed by atoms with E-state index < -0.39 is 30.1 Å². The zero-order chi connectivity index (χ0) is 18.0. The smallest absolute Gasteiger partial charge is 0.348 e. The standard InChI is InChI=1S/C18H17F2NO3S/c1-10-2-5-15-11(6-10)7-16(25-15)18(23)24-9-17(22)21-14-4-3-12(19)8-13(14)20/h3-4,7-8,10H,2,5-6,9H2,1H3,(H,21,22)/t10-/m1/s1. The van der Waals surface area contributed by atoms with E-state index in [4.69, 9.17) is 4.74 Å². The van der Waals surface area contributed by atoms with Gasteiger partial charge in [-0.15, -0.1) is 11.3 Å². The lowest BCUT2D eigenvalue weighted by Crippen LogP contribution is -2.21. The van der Waals surface area contributed by atoms with E-state index >= 15 is 0 Å². The van der Waals surface area contributed by atoms with Crippen LogP contribution < -0.4 is 5.32 Å². The molecular weight excluding hydrogens is 348 g/mol. The highest BCUT2D eigenvalue weighted by Crippen LogP contribution is 2.32. The van der Waals surface area contributed by atoms with Crippen molar-refractivity contribution in [1.82, 2.24) is 0 Å². The molecule has 1 aliphatic carbocycles. The van der Waals surface area contributed by atoms with Gasteiger partial charge in [0.1, 0.15) is 16.5 Å². The van der Waals surface area contributed by atoms with Gasteiger partial charge in [-0.1, -0.05) is 6.92 Å². The third kappa shape index (κ3) is 4.22. The molecule has 0 saturated heterocycles. The number of rotatable bonds is 4. The van der Waals surface area contributed by atoms with Crippen LogP contribution in [0.25, 0.3) is 0 Å². The fraction of sp³-hybridized carbons (Fsp3) is 0.333. The first kappa shape index (κ1) is 17.5. The zero-order valence-electron chi connectivity index (χ0n) is 13.6. The van der Waals surface area contributed by atoms with E-state index in [9.17, 15) is 18.4 Å². The fourth-order valence-corrected chi connectivity index (χ4v) is 3.89. The molecule has 25 heavy (non-hydrogen) atoms. The first-order valence-electron chi connectivity index (χ1n) is 7.96. The van der Waals surface area contributed by atoms with Crippen molar-refractivity contribution < 1.29 is 23.1 Å². The third-order valence-corrected chi connectivity index (χ3v) is 5.29. The minimum atomic E-state index is -0.889. The number of hydrogen-bond acceptors (Lipinski definition) is 4. The molecule has 1 aromatic carbocycles. The summed E-state index contributed by atoms with van der Waals surface area (Å²) < 4.78 is 31.3. The lowest BCUT2D eigenvalue weighted by Gasteiger charge is -2.16. The fourth-order valence-electron chi connectivity index (χ4n) is 2.79. The Labute approximate surface area is 147 Å². The molecule has 0 saturated carbocycles. The molecule has 0 spiro atoms. The van der Waals surface area contributed by atoms with Crippen LogP contribution in [0.5, 0.6) is 0 Å². The molecule has 4 nitrogen and oxygen atoms in total. The minimum absolute atomic E-state index is 0.164. The molecule has 7 heteroatoms. The van der Waals surface area contributed by atoms with Crippen molar-refractivity contribution >= 4 is 28.9 Å². The van der Waals surface area contributed by atoms with Crippen molar-refractivity contribution in [3.8, 4) is 0 Å².